The molecule has 0 fully saturated rings. The van der Waals surface area contributed by atoms with Gasteiger partial charge in [-0.05, 0) is 6.42 Å². The fourth-order valence-electron chi connectivity index (χ4n) is 2.60. The highest BCUT2D eigenvalue weighted by Crippen LogP contribution is 1.89. The third kappa shape index (κ3) is 47.7. The van der Waals surface area contributed by atoms with Crippen LogP contribution in [0.15, 0.2) is 36.5 Å². The van der Waals surface area contributed by atoms with Crippen molar-refractivity contribution < 1.29 is 95.8 Å². The number of aliphatic hydroxyl groups excluding tert-OH is 2. The molecule has 0 atom stereocenters. The summed E-state index contributed by atoms with van der Waals surface area (Å²) in [5.74, 6) is -3.75. The molecule has 0 aromatic rings. The maximum absolute atomic E-state index is 11.1. The Morgan fingerprint density at radius 2 is 0.574 bits per heavy atom. The van der Waals surface area contributed by atoms with Crippen LogP contribution in [0.3, 0.4) is 0 Å². The van der Waals surface area contributed by atoms with E-state index in [1.807, 2.05) is 6.92 Å². The summed E-state index contributed by atoms with van der Waals surface area (Å²) in [6.07, 6.45) is 6.90. The molecule has 0 aliphatic heterocycles. The molecule has 0 radical (unpaired) electrons. The van der Waals surface area contributed by atoms with E-state index in [1.165, 1.54) is 21.3 Å². The van der Waals surface area contributed by atoms with Gasteiger partial charge in [-0.2, -0.15) is 0 Å². The lowest BCUT2D eigenvalue weighted by molar-refractivity contribution is -0.141. The molecule has 0 aliphatic carbocycles. The molecule has 0 spiro atoms. The Morgan fingerprint density at radius 1 is 0.352 bits per heavy atom. The summed E-state index contributed by atoms with van der Waals surface area (Å²) in [6.45, 7) is 6.90. The predicted octanol–water partition coefficient (Wildman–Crippen LogP) is -0.729. The van der Waals surface area contributed by atoms with Crippen molar-refractivity contribution in [3.63, 3.8) is 0 Å². The fourth-order valence-corrected chi connectivity index (χ4v) is 2.60. The van der Waals surface area contributed by atoms with E-state index in [1.54, 1.807) is 0 Å². The van der Waals surface area contributed by atoms with Crippen LogP contribution in [0, 0.1) is 0 Å². The van der Waals surface area contributed by atoms with Crippen molar-refractivity contribution in [3.8, 4) is 0 Å². The summed E-state index contributed by atoms with van der Waals surface area (Å²) < 4.78 is 57.6. The van der Waals surface area contributed by atoms with Crippen molar-refractivity contribution in [3.05, 3.63) is 36.5 Å². The Bertz CT molecular complexity index is 1040. The molecule has 0 aliphatic rings. The first kappa shape index (κ1) is 54.1. The normalized spacial score (nSPS) is 10.6. The van der Waals surface area contributed by atoms with E-state index in [0.717, 1.165) is 49.5 Å². The maximum atomic E-state index is 11.1. The van der Waals surface area contributed by atoms with Crippen molar-refractivity contribution >= 4 is 35.8 Å². The highest BCUT2D eigenvalue weighted by Gasteiger charge is 2.01. The van der Waals surface area contributed by atoms with E-state index >= 15 is 0 Å². The lowest BCUT2D eigenvalue weighted by Crippen LogP contribution is -2.13. The molecule has 54 heavy (non-hydrogen) atoms. The Balaban J connectivity index is -0.000000733. The molecule has 2 N–H and O–H groups in total. The van der Waals surface area contributed by atoms with E-state index in [9.17, 15) is 28.8 Å². The highest BCUT2D eigenvalue weighted by molar-refractivity contribution is 5.92. The van der Waals surface area contributed by atoms with E-state index < -0.39 is 35.8 Å². The van der Waals surface area contributed by atoms with Gasteiger partial charge in [0, 0.05) is 43.1 Å². The van der Waals surface area contributed by atoms with Gasteiger partial charge in [0.15, 0.2) is 0 Å². The minimum Gasteiger partial charge on any atom is -0.466 e. The monoisotopic (exact) mass is 784 g/mol. The molecule has 312 valence electrons. The van der Waals surface area contributed by atoms with Gasteiger partial charge in [0.1, 0.15) is 19.8 Å². The van der Waals surface area contributed by atoms with Gasteiger partial charge < -0.3 is 67.1 Å². The summed E-state index contributed by atoms with van der Waals surface area (Å²) in [5.41, 5.74) is 0. The van der Waals surface area contributed by atoms with Crippen LogP contribution in [-0.4, -0.2) is 180 Å². The molecule has 20 heteroatoms. The van der Waals surface area contributed by atoms with Crippen LogP contribution in [0.2, 0.25) is 0 Å². The average Bonchev–Trinajstić information content (AvgIpc) is 3.18. The molecule has 0 bridgehead atoms. The third-order valence-electron chi connectivity index (χ3n) is 5.02. The zero-order chi connectivity index (χ0) is 40.9. The smallest absolute Gasteiger partial charge is 0.331 e. The molecule has 0 rings (SSSR count). The van der Waals surface area contributed by atoms with E-state index in [4.69, 9.17) is 48.1 Å². The number of esters is 6. The number of carbonyl (C=O) groups is 6. The number of ether oxygens (including phenoxy) is 12. The number of hydrogen-bond donors (Lipinski definition) is 2. The zero-order valence-corrected chi connectivity index (χ0v) is 31.4. The second-order valence-corrected chi connectivity index (χ2v) is 9.19. The van der Waals surface area contributed by atoms with Gasteiger partial charge in [0.2, 0.25) is 0 Å². The number of aliphatic hydroxyl groups is 2. The van der Waals surface area contributed by atoms with Crippen molar-refractivity contribution in [2.24, 2.45) is 0 Å². The zero-order valence-electron chi connectivity index (χ0n) is 31.4. The van der Waals surface area contributed by atoms with Crippen molar-refractivity contribution in [2.45, 2.75) is 13.3 Å². The summed E-state index contributed by atoms with van der Waals surface area (Å²) in [7, 11) is 3.65. The summed E-state index contributed by atoms with van der Waals surface area (Å²) >= 11 is 0. The lowest BCUT2D eigenvalue weighted by Gasteiger charge is -2.06. The predicted molar refractivity (Wildman–Crippen MR) is 186 cm³/mol. The van der Waals surface area contributed by atoms with Crippen molar-refractivity contribution in [2.75, 3.05) is 134 Å². The van der Waals surface area contributed by atoms with Gasteiger partial charge >= 0.3 is 35.8 Å². The first-order valence-electron chi connectivity index (χ1n) is 16.6. The molecular formula is C34H56O20. The maximum Gasteiger partial charge on any atom is 0.331 e. The van der Waals surface area contributed by atoms with Crippen LogP contribution in [-0.2, 0) is 85.6 Å². The minimum atomic E-state index is -0.645. The van der Waals surface area contributed by atoms with Gasteiger partial charge in [0.05, 0.1) is 107 Å². The van der Waals surface area contributed by atoms with Crippen LogP contribution >= 0.6 is 0 Å². The molecule has 0 saturated heterocycles. The first-order valence-corrected chi connectivity index (χ1v) is 16.6. The van der Waals surface area contributed by atoms with Gasteiger partial charge in [-0.15, -0.1) is 0 Å². The Labute approximate surface area is 315 Å². The van der Waals surface area contributed by atoms with E-state index in [2.05, 4.69) is 18.9 Å². The molecule has 0 aromatic carbocycles. The Kier molecular flexibility index (Phi) is 44.9. The lowest BCUT2D eigenvalue weighted by atomic mass is 10.5. The van der Waals surface area contributed by atoms with E-state index in [-0.39, 0.29) is 66.1 Å². The van der Waals surface area contributed by atoms with Gasteiger partial charge in [-0.1, -0.05) is 6.92 Å². The molecule has 0 heterocycles. The molecule has 0 aromatic heterocycles. The standard InChI is InChI=1S/C14H24O7.C11H18O7.C9H14O6/c1-3-6-18-7-8-19-9-10-20-11-12-21-14(16)5-4-13(15)17-2;1-15-10(13)2-3-11(14)18-9-8-17-7-6-16-5-4-12;1-13-8(11)2-3-9(12)15-7-6-14-5-4-10/h4-5H,3,6-12H2,1-2H3;2-3,12H,4-9H2,1H3;2-3,10H,4-7H2,1H3/b5-4+;2*3-2+. The largest absolute Gasteiger partial charge is 0.466 e. The third-order valence-corrected chi connectivity index (χ3v) is 5.02. The second-order valence-electron chi connectivity index (χ2n) is 9.19. The Hall–Kier alpha value is -4.28. The average molecular weight is 785 g/mol. The number of rotatable bonds is 30. The van der Waals surface area contributed by atoms with Gasteiger partial charge in [-0.3, -0.25) is 0 Å². The van der Waals surface area contributed by atoms with E-state index in [0.29, 0.717) is 39.6 Å². The minimum absolute atomic E-state index is 0.0237. The van der Waals surface area contributed by atoms with Crippen molar-refractivity contribution in [1.82, 2.24) is 0 Å². The van der Waals surface area contributed by atoms with Crippen LogP contribution in [0.1, 0.15) is 13.3 Å². The topological polar surface area (TPSA) is 254 Å². The first-order chi connectivity index (χ1) is 26.1. The number of carbonyl (C=O) groups excluding carboxylic acids is 6. The van der Waals surface area contributed by atoms with Crippen LogP contribution in [0.4, 0.5) is 0 Å². The summed E-state index contributed by atoms with van der Waals surface area (Å²) in [5, 5.41) is 16.8. The van der Waals surface area contributed by atoms with Crippen LogP contribution in [0.5, 0.6) is 0 Å². The Morgan fingerprint density at radius 3 is 0.815 bits per heavy atom. The summed E-state index contributed by atoms with van der Waals surface area (Å²) in [4.78, 5) is 64.9. The van der Waals surface area contributed by atoms with Crippen molar-refractivity contribution in [1.29, 1.82) is 0 Å². The molecule has 0 amide bonds. The molecule has 0 saturated carbocycles. The quantitative estimate of drug-likeness (QED) is 0.0394. The molecule has 0 unspecified atom stereocenters. The van der Waals surface area contributed by atoms with Gasteiger partial charge in [0.25, 0.3) is 0 Å². The number of hydrogen-bond acceptors (Lipinski definition) is 20. The van der Waals surface area contributed by atoms with Gasteiger partial charge in [-0.25, -0.2) is 28.8 Å². The fraction of sp³-hybridized carbons (Fsp3) is 0.647. The highest BCUT2D eigenvalue weighted by atomic mass is 16.6. The second kappa shape index (κ2) is 44.9. The summed E-state index contributed by atoms with van der Waals surface area (Å²) in [6, 6.07) is 0. The SMILES string of the molecule is CCCOCCOCCOCCOC(=O)/C=C/C(=O)OC.COC(=O)/C=C/C(=O)OCCOCCO.COC(=O)/C=C/C(=O)OCCOCCOCCO. The molecular weight excluding hydrogens is 728 g/mol. The van der Waals surface area contributed by atoms with Crippen LogP contribution in [0.25, 0.3) is 0 Å². The number of methoxy groups -OCH3 is 3. The van der Waals surface area contributed by atoms with Crippen LogP contribution < -0.4 is 0 Å². The molecule has 20 nitrogen and oxygen atoms in total.